The average Bonchev–Trinajstić information content (AvgIpc) is 3.11. The fraction of sp³-hybridized carbons (Fsp3) is 0.400. The van der Waals surface area contributed by atoms with E-state index in [0.29, 0.717) is 12.0 Å². The largest absolute Gasteiger partial charge is 0.381 e. The molecule has 1 aromatic heterocycles. The van der Waals surface area contributed by atoms with Gasteiger partial charge in [0.15, 0.2) is 0 Å². The molecule has 0 amide bonds. The van der Waals surface area contributed by atoms with Crippen LogP contribution in [0.3, 0.4) is 0 Å². The molecule has 19 heavy (non-hydrogen) atoms. The fourth-order valence-corrected chi connectivity index (χ4v) is 2.53. The van der Waals surface area contributed by atoms with E-state index in [1.54, 1.807) is 0 Å². The van der Waals surface area contributed by atoms with Gasteiger partial charge in [0.1, 0.15) is 0 Å². The highest BCUT2D eigenvalue weighted by Gasteiger charge is 2.23. The molecule has 1 aliphatic rings. The maximum absolute atomic E-state index is 5.45. The summed E-state index contributed by atoms with van der Waals surface area (Å²) < 4.78 is 5.45. The Labute approximate surface area is 113 Å². The van der Waals surface area contributed by atoms with Crippen molar-refractivity contribution >= 4 is 5.69 Å². The molecular weight excluding hydrogens is 238 g/mol. The Hall–Kier alpha value is -1.81. The third-order valence-electron chi connectivity index (χ3n) is 3.76. The van der Waals surface area contributed by atoms with Crippen LogP contribution in [0.5, 0.6) is 0 Å². The Balaban J connectivity index is 1.77. The number of ether oxygens (including phenoxy) is 1. The zero-order chi connectivity index (χ0) is 13.1. The number of aromatic amines is 1. The minimum Gasteiger partial charge on any atom is -0.381 e. The molecule has 2 heterocycles. The molecule has 2 atom stereocenters. The van der Waals surface area contributed by atoms with E-state index in [4.69, 9.17) is 4.74 Å². The molecule has 4 nitrogen and oxygen atoms in total. The first-order valence-corrected chi connectivity index (χ1v) is 6.77. The van der Waals surface area contributed by atoms with Crippen LogP contribution in [-0.4, -0.2) is 29.5 Å². The molecule has 4 heteroatoms. The van der Waals surface area contributed by atoms with E-state index < -0.39 is 0 Å². The maximum Gasteiger partial charge on any atom is 0.0882 e. The van der Waals surface area contributed by atoms with Crippen molar-refractivity contribution < 1.29 is 4.74 Å². The Morgan fingerprint density at radius 3 is 2.95 bits per heavy atom. The lowest BCUT2D eigenvalue weighted by Gasteiger charge is -2.20. The van der Waals surface area contributed by atoms with Gasteiger partial charge in [-0.2, -0.15) is 5.10 Å². The van der Waals surface area contributed by atoms with Gasteiger partial charge in [-0.15, -0.1) is 0 Å². The number of hydrogen-bond acceptors (Lipinski definition) is 3. The summed E-state index contributed by atoms with van der Waals surface area (Å²) in [6.45, 7) is 3.95. The zero-order valence-corrected chi connectivity index (χ0v) is 11.1. The van der Waals surface area contributed by atoms with Crippen LogP contribution in [0.25, 0.3) is 11.3 Å². The van der Waals surface area contributed by atoms with Gasteiger partial charge >= 0.3 is 0 Å². The van der Waals surface area contributed by atoms with Crippen LogP contribution < -0.4 is 5.32 Å². The molecule has 0 unspecified atom stereocenters. The second-order valence-electron chi connectivity index (χ2n) is 5.08. The Morgan fingerprint density at radius 1 is 1.37 bits per heavy atom. The van der Waals surface area contributed by atoms with Crippen LogP contribution in [0, 0.1) is 5.92 Å². The molecular formula is C15H19N3O. The predicted octanol–water partition coefficient (Wildman–Crippen LogP) is 2.91. The van der Waals surface area contributed by atoms with E-state index in [-0.39, 0.29) is 0 Å². The van der Waals surface area contributed by atoms with Crippen molar-refractivity contribution in [1.82, 2.24) is 10.2 Å². The van der Waals surface area contributed by atoms with Gasteiger partial charge in [0.25, 0.3) is 0 Å². The lowest BCUT2D eigenvalue weighted by Crippen LogP contribution is -2.26. The molecule has 0 bridgehead atoms. The second-order valence-corrected chi connectivity index (χ2v) is 5.08. The van der Waals surface area contributed by atoms with Crippen molar-refractivity contribution in [3.8, 4) is 11.3 Å². The van der Waals surface area contributed by atoms with Gasteiger partial charge in [-0.05, 0) is 13.3 Å². The van der Waals surface area contributed by atoms with E-state index in [1.165, 1.54) is 0 Å². The summed E-state index contributed by atoms with van der Waals surface area (Å²) in [5.74, 6) is 0.582. The van der Waals surface area contributed by atoms with Crippen LogP contribution in [0.2, 0.25) is 0 Å². The summed E-state index contributed by atoms with van der Waals surface area (Å²) in [5.41, 5.74) is 3.26. The third kappa shape index (κ3) is 2.63. The van der Waals surface area contributed by atoms with Crippen molar-refractivity contribution in [2.24, 2.45) is 5.92 Å². The average molecular weight is 257 g/mol. The molecule has 1 fully saturated rings. The Morgan fingerprint density at radius 2 is 2.21 bits per heavy atom. The first-order valence-electron chi connectivity index (χ1n) is 6.77. The van der Waals surface area contributed by atoms with Crippen LogP contribution in [-0.2, 0) is 4.74 Å². The molecule has 0 spiro atoms. The van der Waals surface area contributed by atoms with Crippen molar-refractivity contribution in [2.45, 2.75) is 19.4 Å². The molecule has 0 radical (unpaired) electrons. The Kier molecular flexibility index (Phi) is 3.51. The first-order chi connectivity index (χ1) is 9.34. The number of benzene rings is 1. The van der Waals surface area contributed by atoms with Crippen molar-refractivity contribution in [2.75, 3.05) is 18.5 Å². The van der Waals surface area contributed by atoms with Gasteiger partial charge in [0.05, 0.1) is 24.2 Å². The molecule has 1 aliphatic heterocycles. The summed E-state index contributed by atoms with van der Waals surface area (Å²) in [6.07, 6.45) is 2.99. The molecule has 2 aromatic rings. The number of aromatic nitrogens is 2. The highest BCUT2D eigenvalue weighted by atomic mass is 16.5. The predicted molar refractivity (Wildman–Crippen MR) is 76.0 cm³/mol. The number of rotatable bonds is 4. The highest BCUT2D eigenvalue weighted by molar-refractivity contribution is 5.73. The lowest BCUT2D eigenvalue weighted by molar-refractivity contribution is 0.183. The monoisotopic (exact) mass is 257 g/mol. The van der Waals surface area contributed by atoms with Crippen LogP contribution >= 0.6 is 0 Å². The highest BCUT2D eigenvalue weighted by Crippen LogP contribution is 2.27. The van der Waals surface area contributed by atoms with Gasteiger partial charge in [-0.25, -0.2) is 0 Å². The van der Waals surface area contributed by atoms with Crippen molar-refractivity contribution in [3.05, 3.63) is 36.5 Å². The maximum atomic E-state index is 5.45. The number of nitrogens with zero attached hydrogens (tertiary/aromatic N) is 1. The number of hydrogen-bond donors (Lipinski definition) is 2. The molecule has 2 N–H and O–H groups in total. The fourth-order valence-electron chi connectivity index (χ4n) is 2.53. The lowest BCUT2D eigenvalue weighted by atomic mass is 10.0. The summed E-state index contributed by atoms with van der Waals surface area (Å²) in [7, 11) is 0. The topological polar surface area (TPSA) is 49.9 Å². The van der Waals surface area contributed by atoms with Gasteiger partial charge in [0, 0.05) is 24.1 Å². The summed E-state index contributed by atoms with van der Waals surface area (Å²) in [4.78, 5) is 0. The first kappa shape index (κ1) is 12.2. The van der Waals surface area contributed by atoms with Crippen LogP contribution in [0.1, 0.15) is 13.3 Å². The van der Waals surface area contributed by atoms with E-state index >= 15 is 0 Å². The van der Waals surface area contributed by atoms with E-state index in [0.717, 1.165) is 36.6 Å². The van der Waals surface area contributed by atoms with Crippen LogP contribution in [0.4, 0.5) is 5.69 Å². The smallest absolute Gasteiger partial charge is 0.0882 e. The van der Waals surface area contributed by atoms with E-state index in [2.05, 4.69) is 34.6 Å². The summed E-state index contributed by atoms with van der Waals surface area (Å²) in [6, 6.07) is 10.7. The van der Waals surface area contributed by atoms with Gasteiger partial charge in [0.2, 0.25) is 0 Å². The summed E-state index contributed by atoms with van der Waals surface area (Å²) in [5, 5.41) is 10.8. The molecule has 1 saturated heterocycles. The quantitative estimate of drug-likeness (QED) is 0.885. The van der Waals surface area contributed by atoms with Gasteiger partial charge in [-0.3, -0.25) is 5.10 Å². The van der Waals surface area contributed by atoms with Crippen molar-refractivity contribution in [3.63, 3.8) is 0 Å². The van der Waals surface area contributed by atoms with Gasteiger partial charge in [-0.1, -0.05) is 30.3 Å². The van der Waals surface area contributed by atoms with Gasteiger partial charge < -0.3 is 10.1 Å². The molecule has 3 rings (SSSR count). The molecule has 1 aromatic carbocycles. The van der Waals surface area contributed by atoms with E-state index in [9.17, 15) is 0 Å². The normalized spacial score (nSPS) is 20.4. The molecule has 0 saturated carbocycles. The number of anilines is 1. The minimum absolute atomic E-state index is 0.391. The number of H-pyrrole nitrogens is 1. The zero-order valence-electron chi connectivity index (χ0n) is 11.1. The standard InChI is InChI=1S/C15H19N3O/c1-11(13-7-8-19-10-13)17-14-9-16-18-15(14)12-5-3-2-4-6-12/h2-6,9,11,13,17H,7-8,10H2,1H3,(H,16,18)/t11-,13+/m1/s1. The van der Waals surface area contributed by atoms with E-state index in [1.807, 2.05) is 24.4 Å². The molecule has 100 valence electrons. The Bertz CT molecular complexity index is 517. The number of nitrogens with one attached hydrogen (secondary N) is 2. The SMILES string of the molecule is C[C@@H](Nc1cn[nH]c1-c1ccccc1)[C@H]1CCOC1. The minimum atomic E-state index is 0.391. The molecule has 0 aliphatic carbocycles. The second kappa shape index (κ2) is 5.45. The summed E-state index contributed by atoms with van der Waals surface area (Å²) >= 11 is 0. The van der Waals surface area contributed by atoms with Crippen LogP contribution in [0.15, 0.2) is 36.5 Å². The third-order valence-corrected chi connectivity index (χ3v) is 3.76. The van der Waals surface area contributed by atoms with Crippen molar-refractivity contribution in [1.29, 1.82) is 0 Å².